The van der Waals surface area contributed by atoms with Crippen LogP contribution in [-0.2, 0) is 0 Å². The highest BCUT2D eigenvalue weighted by Crippen LogP contribution is 2.37. The van der Waals surface area contributed by atoms with Gasteiger partial charge in [-0.15, -0.1) is 12.4 Å². The molecule has 80 valence electrons. The Balaban J connectivity index is 0.00000144. The molecule has 1 rings (SSSR count). The van der Waals surface area contributed by atoms with Crippen LogP contribution >= 0.6 is 12.4 Å². The highest BCUT2D eigenvalue weighted by Gasteiger charge is 2.34. The van der Waals surface area contributed by atoms with Gasteiger partial charge < -0.3 is 5.73 Å². The van der Waals surface area contributed by atoms with E-state index in [1.54, 1.807) is 0 Å². The van der Waals surface area contributed by atoms with Gasteiger partial charge in [0.15, 0.2) is 0 Å². The highest BCUT2D eigenvalue weighted by molar-refractivity contribution is 5.85. The van der Waals surface area contributed by atoms with Crippen molar-refractivity contribution in [3.8, 4) is 0 Å². The van der Waals surface area contributed by atoms with Crippen molar-refractivity contribution in [2.45, 2.75) is 44.4 Å². The van der Waals surface area contributed by atoms with Crippen molar-refractivity contribution in [1.29, 1.82) is 0 Å². The van der Waals surface area contributed by atoms with Crippen LogP contribution in [0.25, 0.3) is 0 Å². The second-order valence-corrected chi connectivity index (χ2v) is 3.73. The largest absolute Gasteiger partial charge is 0.330 e. The second kappa shape index (κ2) is 5.76. The lowest BCUT2D eigenvalue weighted by Crippen LogP contribution is -2.24. The van der Waals surface area contributed by atoms with Crippen molar-refractivity contribution in [2.24, 2.45) is 11.7 Å². The number of hydrogen-bond acceptors (Lipinski definition) is 1. The molecule has 0 saturated heterocycles. The zero-order valence-corrected chi connectivity index (χ0v) is 8.59. The number of rotatable bonds is 3. The van der Waals surface area contributed by atoms with Gasteiger partial charge in [0.25, 0.3) is 0 Å². The molecule has 0 spiro atoms. The normalized spacial score (nSPS) is 22.4. The summed E-state index contributed by atoms with van der Waals surface area (Å²) in [6.07, 6.45) is 3.56. The van der Waals surface area contributed by atoms with Gasteiger partial charge in [-0.05, 0) is 38.1 Å². The Morgan fingerprint density at radius 2 is 1.77 bits per heavy atom. The molecule has 0 aliphatic heterocycles. The van der Waals surface area contributed by atoms with Crippen LogP contribution in [0.1, 0.15) is 38.5 Å². The van der Waals surface area contributed by atoms with E-state index in [0.29, 0.717) is 25.3 Å². The van der Waals surface area contributed by atoms with Crippen molar-refractivity contribution in [3.63, 3.8) is 0 Å². The summed E-state index contributed by atoms with van der Waals surface area (Å²) in [5.41, 5.74) is 5.35. The minimum absolute atomic E-state index is 0. The summed E-state index contributed by atoms with van der Waals surface area (Å²) in [4.78, 5) is 0. The van der Waals surface area contributed by atoms with Crippen LogP contribution in [0, 0.1) is 5.92 Å². The molecule has 0 aromatic heterocycles. The fraction of sp³-hybridized carbons (Fsp3) is 1.00. The SMILES string of the molecule is Cl.NCCCC1CCC(F)(F)CC1. The maximum Gasteiger partial charge on any atom is 0.248 e. The summed E-state index contributed by atoms with van der Waals surface area (Å²) in [5, 5.41) is 0. The Morgan fingerprint density at radius 3 is 2.23 bits per heavy atom. The first-order chi connectivity index (χ1) is 5.64. The van der Waals surface area contributed by atoms with E-state index in [9.17, 15) is 8.78 Å². The zero-order valence-electron chi connectivity index (χ0n) is 7.77. The van der Waals surface area contributed by atoms with Gasteiger partial charge in [0.05, 0.1) is 0 Å². The average Bonchev–Trinajstić information content (AvgIpc) is 2.03. The van der Waals surface area contributed by atoms with Crippen LogP contribution < -0.4 is 5.73 Å². The Hall–Kier alpha value is 0.110. The molecule has 0 aromatic carbocycles. The van der Waals surface area contributed by atoms with Gasteiger partial charge in [0.2, 0.25) is 5.92 Å². The Morgan fingerprint density at radius 1 is 1.23 bits per heavy atom. The van der Waals surface area contributed by atoms with E-state index in [1.807, 2.05) is 0 Å². The zero-order chi connectivity index (χ0) is 9.03. The molecule has 0 bridgehead atoms. The molecule has 1 saturated carbocycles. The Bertz CT molecular complexity index is 132. The molecule has 0 amide bonds. The van der Waals surface area contributed by atoms with Crippen LogP contribution in [0.4, 0.5) is 8.78 Å². The minimum atomic E-state index is -2.38. The minimum Gasteiger partial charge on any atom is -0.330 e. The predicted octanol–water partition coefficient (Wildman–Crippen LogP) is 2.97. The number of nitrogens with two attached hydrogens (primary N) is 1. The van der Waals surface area contributed by atoms with Gasteiger partial charge in [-0.2, -0.15) is 0 Å². The fourth-order valence-electron chi connectivity index (χ4n) is 1.80. The van der Waals surface area contributed by atoms with Gasteiger partial charge in [-0.3, -0.25) is 0 Å². The van der Waals surface area contributed by atoms with E-state index in [2.05, 4.69) is 0 Å². The molecule has 0 unspecified atom stereocenters. The fourth-order valence-corrected chi connectivity index (χ4v) is 1.80. The lowest BCUT2D eigenvalue weighted by atomic mass is 9.84. The molecule has 13 heavy (non-hydrogen) atoms. The van der Waals surface area contributed by atoms with E-state index in [1.165, 1.54) is 0 Å². The maximum atomic E-state index is 12.7. The van der Waals surface area contributed by atoms with Crippen molar-refractivity contribution >= 4 is 12.4 Å². The molecular formula is C9H18ClF2N. The number of halogens is 3. The number of hydrogen-bond donors (Lipinski definition) is 1. The Kier molecular flexibility index (Phi) is 5.81. The van der Waals surface area contributed by atoms with Crippen molar-refractivity contribution in [2.75, 3.05) is 6.54 Å². The standard InChI is InChI=1S/C9H17F2N.ClH/c10-9(11)5-3-8(4-6-9)2-1-7-12;/h8H,1-7,12H2;1H. The molecule has 1 aliphatic carbocycles. The highest BCUT2D eigenvalue weighted by atomic mass is 35.5. The summed E-state index contributed by atoms with van der Waals surface area (Å²) >= 11 is 0. The molecule has 1 fully saturated rings. The van der Waals surface area contributed by atoms with Crippen molar-refractivity contribution < 1.29 is 8.78 Å². The molecule has 0 aromatic rings. The lowest BCUT2D eigenvalue weighted by molar-refractivity contribution is -0.0465. The molecule has 1 nitrogen and oxygen atoms in total. The van der Waals surface area contributed by atoms with Gasteiger partial charge in [0.1, 0.15) is 0 Å². The van der Waals surface area contributed by atoms with Crippen LogP contribution in [-0.4, -0.2) is 12.5 Å². The van der Waals surface area contributed by atoms with Crippen LogP contribution in [0.5, 0.6) is 0 Å². The first-order valence-electron chi connectivity index (χ1n) is 4.72. The molecule has 0 atom stereocenters. The van der Waals surface area contributed by atoms with Gasteiger partial charge in [-0.25, -0.2) is 8.78 Å². The van der Waals surface area contributed by atoms with E-state index in [4.69, 9.17) is 5.73 Å². The molecule has 4 heteroatoms. The van der Waals surface area contributed by atoms with E-state index < -0.39 is 5.92 Å². The lowest BCUT2D eigenvalue weighted by Gasteiger charge is -2.27. The number of alkyl halides is 2. The summed E-state index contributed by atoms with van der Waals surface area (Å²) in [6, 6.07) is 0. The van der Waals surface area contributed by atoms with Gasteiger partial charge in [-0.1, -0.05) is 0 Å². The third-order valence-corrected chi connectivity index (χ3v) is 2.65. The summed E-state index contributed by atoms with van der Waals surface area (Å²) in [7, 11) is 0. The van der Waals surface area contributed by atoms with Crippen LogP contribution in [0.2, 0.25) is 0 Å². The molecular weight excluding hydrogens is 196 g/mol. The van der Waals surface area contributed by atoms with Crippen LogP contribution in [0.15, 0.2) is 0 Å². The van der Waals surface area contributed by atoms with Crippen molar-refractivity contribution in [1.82, 2.24) is 0 Å². The smallest absolute Gasteiger partial charge is 0.248 e. The first kappa shape index (κ1) is 13.1. The monoisotopic (exact) mass is 213 g/mol. The topological polar surface area (TPSA) is 26.0 Å². The predicted molar refractivity (Wildman–Crippen MR) is 52.4 cm³/mol. The van der Waals surface area contributed by atoms with Gasteiger partial charge >= 0.3 is 0 Å². The van der Waals surface area contributed by atoms with E-state index in [-0.39, 0.29) is 25.2 Å². The molecule has 1 aliphatic rings. The van der Waals surface area contributed by atoms with Crippen molar-refractivity contribution in [3.05, 3.63) is 0 Å². The first-order valence-corrected chi connectivity index (χ1v) is 4.72. The average molecular weight is 214 g/mol. The third-order valence-electron chi connectivity index (χ3n) is 2.65. The quantitative estimate of drug-likeness (QED) is 0.767. The second-order valence-electron chi connectivity index (χ2n) is 3.73. The van der Waals surface area contributed by atoms with Gasteiger partial charge in [0, 0.05) is 12.8 Å². The molecule has 0 radical (unpaired) electrons. The van der Waals surface area contributed by atoms with E-state index in [0.717, 1.165) is 12.8 Å². The Labute approximate surface area is 84.5 Å². The summed E-state index contributed by atoms with van der Waals surface area (Å²) < 4.78 is 25.4. The third kappa shape index (κ3) is 4.77. The molecule has 2 N–H and O–H groups in total. The summed E-state index contributed by atoms with van der Waals surface area (Å²) in [6.45, 7) is 0.687. The van der Waals surface area contributed by atoms with E-state index >= 15 is 0 Å². The summed E-state index contributed by atoms with van der Waals surface area (Å²) in [5.74, 6) is -1.87. The van der Waals surface area contributed by atoms with Crippen LogP contribution in [0.3, 0.4) is 0 Å². The maximum absolute atomic E-state index is 12.7. The molecule has 0 heterocycles.